The number of benzene rings is 2. The number of hydrogen-bond donors (Lipinski definition) is 0. The van der Waals surface area contributed by atoms with Crippen LogP contribution in [-0.4, -0.2) is 48.0 Å². The molecule has 1 fully saturated rings. The van der Waals surface area contributed by atoms with Crippen LogP contribution >= 0.6 is 0 Å². The number of non-ortho nitro benzene ring substituents is 1. The maximum Gasteiger partial charge on any atom is 0.338 e. The van der Waals surface area contributed by atoms with Crippen molar-refractivity contribution in [3.63, 3.8) is 0 Å². The van der Waals surface area contributed by atoms with E-state index in [2.05, 4.69) is 0 Å². The van der Waals surface area contributed by atoms with Crippen molar-refractivity contribution in [2.45, 2.75) is 32.8 Å². The van der Waals surface area contributed by atoms with Crippen LogP contribution in [0.15, 0.2) is 42.5 Å². The molecule has 3 rings (SSSR count). The van der Waals surface area contributed by atoms with Gasteiger partial charge in [-0.2, -0.15) is 0 Å². The number of nitrogens with zero attached hydrogens (tertiary/aromatic N) is 2. The smallest absolute Gasteiger partial charge is 0.338 e. The monoisotopic (exact) mass is 442 g/mol. The fourth-order valence-corrected chi connectivity index (χ4v) is 3.34. The summed E-state index contributed by atoms with van der Waals surface area (Å²) in [7, 11) is 0. The number of esters is 1. The van der Waals surface area contributed by atoms with Crippen molar-refractivity contribution in [3.8, 4) is 11.5 Å². The molecule has 1 aliphatic rings. The molecule has 1 amide bonds. The molecule has 0 bridgehead atoms. The zero-order chi connectivity index (χ0) is 22.9. The van der Waals surface area contributed by atoms with Crippen LogP contribution in [0.5, 0.6) is 11.5 Å². The molecule has 0 N–H and O–H groups in total. The minimum absolute atomic E-state index is 0.0244. The third-order valence-electron chi connectivity index (χ3n) is 5.06. The molecular weight excluding hydrogens is 416 g/mol. The first-order valence-electron chi connectivity index (χ1n) is 10.6. The second kappa shape index (κ2) is 11.1. The summed E-state index contributed by atoms with van der Waals surface area (Å²) >= 11 is 0. The van der Waals surface area contributed by atoms with Gasteiger partial charge in [0.15, 0.2) is 18.1 Å². The van der Waals surface area contributed by atoms with Crippen molar-refractivity contribution in [2.75, 3.05) is 26.3 Å². The number of nitro groups is 1. The molecule has 32 heavy (non-hydrogen) atoms. The number of piperidine rings is 1. The van der Waals surface area contributed by atoms with Gasteiger partial charge in [0.25, 0.3) is 11.6 Å². The lowest BCUT2D eigenvalue weighted by Gasteiger charge is -2.26. The summed E-state index contributed by atoms with van der Waals surface area (Å²) in [5.74, 6) is 0.0897. The van der Waals surface area contributed by atoms with E-state index < -0.39 is 10.9 Å². The van der Waals surface area contributed by atoms with E-state index in [4.69, 9.17) is 14.2 Å². The topological polar surface area (TPSA) is 108 Å². The molecule has 9 heteroatoms. The number of hydrogen-bond acceptors (Lipinski definition) is 7. The minimum atomic E-state index is -0.569. The van der Waals surface area contributed by atoms with Crippen LogP contribution in [-0.2, 0) is 16.1 Å². The van der Waals surface area contributed by atoms with Crippen molar-refractivity contribution in [1.29, 1.82) is 0 Å². The van der Waals surface area contributed by atoms with Crippen molar-refractivity contribution in [3.05, 3.63) is 63.7 Å². The molecule has 0 unspecified atom stereocenters. The van der Waals surface area contributed by atoms with E-state index >= 15 is 0 Å². The summed E-state index contributed by atoms with van der Waals surface area (Å²) in [4.78, 5) is 36.8. The molecular formula is C23H26N2O7. The van der Waals surface area contributed by atoms with Crippen LogP contribution < -0.4 is 9.47 Å². The summed E-state index contributed by atoms with van der Waals surface area (Å²) in [5, 5.41) is 10.7. The Morgan fingerprint density at radius 3 is 2.38 bits per heavy atom. The Morgan fingerprint density at radius 2 is 1.72 bits per heavy atom. The summed E-state index contributed by atoms with van der Waals surface area (Å²) in [6, 6.07) is 10.4. The predicted molar refractivity (Wildman–Crippen MR) is 116 cm³/mol. The lowest BCUT2D eigenvalue weighted by atomic mass is 10.1. The maximum atomic E-state index is 12.4. The molecule has 170 valence electrons. The molecule has 0 atom stereocenters. The second-order valence-corrected chi connectivity index (χ2v) is 7.32. The number of amides is 1. The second-order valence-electron chi connectivity index (χ2n) is 7.32. The molecule has 9 nitrogen and oxygen atoms in total. The molecule has 0 radical (unpaired) electrons. The predicted octanol–water partition coefficient (Wildman–Crippen LogP) is 3.74. The largest absolute Gasteiger partial charge is 0.490 e. The van der Waals surface area contributed by atoms with Gasteiger partial charge in [-0.25, -0.2) is 4.79 Å². The van der Waals surface area contributed by atoms with Crippen LogP contribution in [0.4, 0.5) is 5.69 Å². The third kappa shape index (κ3) is 6.19. The highest BCUT2D eigenvalue weighted by Gasteiger charge is 2.19. The van der Waals surface area contributed by atoms with Crippen LogP contribution in [0.2, 0.25) is 0 Å². The molecule has 2 aromatic rings. The van der Waals surface area contributed by atoms with Crippen molar-refractivity contribution >= 4 is 17.6 Å². The number of ether oxygens (including phenoxy) is 3. The summed E-state index contributed by atoms with van der Waals surface area (Å²) in [6.07, 6.45) is 3.15. The average molecular weight is 442 g/mol. The standard InChI is InChI=1S/C23H26N2O7/c1-2-30-21-14-18(23(27)32-15-17-6-9-19(10-7-17)25(28)29)8-11-20(21)31-16-22(26)24-12-4-3-5-13-24/h6-11,14H,2-5,12-13,15-16H2,1H3. The molecule has 0 aromatic heterocycles. The zero-order valence-corrected chi connectivity index (χ0v) is 18.0. The number of likely N-dealkylation sites (tertiary alicyclic amines) is 1. The first-order chi connectivity index (χ1) is 15.5. The SMILES string of the molecule is CCOc1cc(C(=O)OCc2ccc([N+](=O)[O-])cc2)ccc1OCC(=O)N1CCCCC1. The Kier molecular flexibility index (Phi) is 8.02. The van der Waals surface area contributed by atoms with Gasteiger partial charge in [0.05, 0.1) is 17.1 Å². The van der Waals surface area contributed by atoms with Crippen molar-refractivity contribution in [2.24, 2.45) is 0 Å². The Bertz CT molecular complexity index is 953. The van der Waals surface area contributed by atoms with E-state index in [1.807, 2.05) is 6.92 Å². The molecule has 1 saturated heterocycles. The van der Waals surface area contributed by atoms with E-state index in [9.17, 15) is 19.7 Å². The first kappa shape index (κ1) is 23.1. The zero-order valence-electron chi connectivity index (χ0n) is 18.0. The normalized spacial score (nSPS) is 13.3. The Labute approximate surface area is 186 Å². The van der Waals surface area contributed by atoms with E-state index in [-0.39, 0.29) is 30.4 Å². The third-order valence-corrected chi connectivity index (χ3v) is 5.06. The van der Waals surface area contributed by atoms with Gasteiger partial charge in [-0.05, 0) is 62.1 Å². The molecule has 0 aliphatic carbocycles. The Morgan fingerprint density at radius 1 is 1.00 bits per heavy atom. The number of nitro benzene ring substituents is 1. The average Bonchev–Trinajstić information content (AvgIpc) is 2.82. The van der Waals surface area contributed by atoms with Gasteiger partial charge in [0.1, 0.15) is 6.61 Å². The van der Waals surface area contributed by atoms with Crippen LogP contribution in [0, 0.1) is 10.1 Å². The summed E-state index contributed by atoms with van der Waals surface area (Å²) in [5.41, 5.74) is 0.867. The van der Waals surface area contributed by atoms with Gasteiger partial charge in [-0.3, -0.25) is 14.9 Å². The van der Waals surface area contributed by atoms with Crippen LogP contribution in [0.3, 0.4) is 0 Å². The molecule has 2 aromatic carbocycles. The van der Waals surface area contributed by atoms with Crippen molar-refractivity contribution < 1.29 is 28.7 Å². The van der Waals surface area contributed by atoms with Gasteiger partial charge in [-0.1, -0.05) is 0 Å². The highest BCUT2D eigenvalue weighted by molar-refractivity contribution is 5.90. The highest BCUT2D eigenvalue weighted by Crippen LogP contribution is 2.29. The number of carbonyl (C=O) groups is 2. The molecule has 1 heterocycles. The van der Waals surface area contributed by atoms with Gasteiger partial charge < -0.3 is 19.1 Å². The van der Waals surface area contributed by atoms with E-state index in [1.54, 1.807) is 17.0 Å². The number of rotatable bonds is 9. The number of carbonyl (C=O) groups excluding carboxylic acids is 2. The van der Waals surface area contributed by atoms with E-state index in [0.717, 1.165) is 32.4 Å². The highest BCUT2D eigenvalue weighted by atomic mass is 16.6. The minimum Gasteiger partial charge on any atom is -0.490 e. The first-order valence-corrected chi connectivity index (χ1v) is 10.6. The lowest BCUT2D eigenvalue weighted by molar-refractivity contribution is -0.384. The quantitative estimate of drug-likeness (QED) is 0.331. The fraction of sp³-hybridized carbons (Fsp3) is 0.391. The van der Waals surface area contributed by atoms with Gasteiger partial charge in [-0.15, -0.1) is 0 Å². The molecule has 0 saturated carbocycles. The van der Waals surface area contributed by atoms with Crippen LogP contribution in [0.1, 0.15) is 42.1 Å². The van der Waals surface area contributed by atoms with Gasteiger partial charge in [0.2, 0.25) is 0 Å². The van der Waals surface area contributed by atoms with Gasteiger partial charge in [0, 0.05) is 25.2 Å². The molecule has 1 aliphatic heterocycles. The summed E-state index contributed by atoms with van der Waals surface area (Å²) < 4.78 is 16.6. The lowest BCUT2D eigenvalue weighted by Crippen LogP contribution is -2.38. The molecule has 0 spiro atoms. The fourth-order valence-electron chi connectivity index (χ4n) is 3.34. The van der Waals surface area contributed by atoms with Gasteiger partial charge >= 0.3 is 5.97 Å². The van der Waals surface area contributed by atoms with Crippen LogP contribution in [0.25, 0.3) is 0 Å². The van der Waals surface area contributed by atoms with E-state index in [1.165, 1.54) is 30.3 Å². The maximum absolute atomic E-state index is 12.4. The Balaban J connectivity index is 1.60. The van der Waals surface area contributed by atoms with Crippen molar-refractivity contribution in [1.82, 2.24) is 4.90 Å². The Hall–Kier alpha value is -3.62. The van der Waals surface area contributed by atoms with E-state index in [0.29, 0.717) is 23.7 Å². The summed E-state index contributed by atoms with van der Waals surface area (Å²) in [6.45, 7) is 3.55.